The summed E-state index contributed by atoms with van der Waals surface area (Å²) < 4.78 is 0. The van der Waals surface area contributed by atoms with Crippen molar-refractivity contribution in [1.29, 1.82) is 0 Å². The number of carbonyl (C=O) groups is 1. The number of benzene rings is 1. The Morgan fingerprint density at radius 3 is 2.21 bits per heavy atom. The Hall–Kier alpha value is -1.35. The van der Waals surface area contributed by atoms with Crippen LogP contribution in [0.1, 0.15) is 51.2 Å². The first-order valence-corrected chi connectivity index (χ1v) is 7.00. The van der Waals surface area contributed by atoms with Crippen LogP contribution >= 0.6 is 0 Å². The minimum absolute atomic E-state index is 0.443. The Morgan fingerprint density at radius 1 is 1.21 bits per heavy atom. The van der Waals surface area contributed by atoms with Crippen molar-refractivity contribution in [3.63, 3.8) is 0 Å². The second kappa shape index (κ2) is 7.29. The van der Waals surface area contributed by atoms with Gasteiger partial charge in [-0.3, -0.25) is 4.79 Å². The van der Waals surface area contributed by atoms with Gasteiger partial charge in [-0.15, -0.1) is 0 Å². The Morgan fingerprint density at radius 2 is 1.79 bits per heavy atom. The molecule has 2 atom stereocenters. The monoisotopic (exact) mass is 263 g/mol. The Bertz CT molecular complexity index is 398. The molecule has 0 radical (unpaired) electrons. The lowest BCUT2D eigenvalue weighted by molar-refractivity contribution is -0.138. The lowest BCUT2D eigenvalue weighted by Gasteiger charge is -2.20. The van der Waals surface area contributed by atoms with Crippen LogP contribution in [0.2, 0.25) is 0 Å². The van der Waals surface area contributed by atoms with E-state index < -0.39 is 11.9 Å². The normalized spacial score (nSPS) is 14.4. The van der Waals surface area contributed by atoms with Crippen molar-refractivity contribution in [1.82, 2.24) is 5.32 Å². The summed E-state index contributed by atoms with van der Waals surface area (Å²) in [6.07, 6.45) is 1.12. The van der Waals surface area contributed by atoms with Crippen LogP contribution in [0, 0.1) is 5.92 Å². The second-order valence-electron chi connectivity index (χ2n) is 5.44. The van der Waals surface area contributed by atoms with Crippen LogP contribution in [0.3, 0.4) is 0 Å². The molecule has 3 heteroatoms. The molecule has 2 unspecified atom stereocenters. The zero-order valence-electron chi connectivity index (χ0n) is 12.3. The summed E-state index contributed by atoms with van der Waals surface area (Å²) in [7, 11) is 0. The molecule has 1 aromatic carbocycles. The van der Waals surface area contributed by atoms with Crippen molar-refractivity contribution in [2.45, 2.75) is 52.6 Å². The van der Waals surface area contributed by atoms with E-state index in [1.807, 2.05) is 24.3 Å². The minimum atomic E-state index is -0.781. The predicted octanol–water partition coefficient (Wildman–Crippen LogP) is 3.40. The molecule has 3 nitrogen and oxygen atoms in total. The van der Waals surface area contributed by atoms with Gasteiger partial charge in [0.25, 0.3) is 0 Å². The van der Waals surface area contributed by atoms with E-state index in [1.54, 1.807) is 6.92 Å². The first-order valence-electron chi connectivity index (χ1n) is 7.00. The summed E-state index contributed by atoms with van der Waals surface area (Å²) in [5.41, 5.74) is 2.05. The van der Waals surface area contributed by atoms with Crippen LogP contribution in [-0.4, -0.2) is 17.1 Å². The van der Waals surface area contributed by atoms with Crippen molar-refractivity contribution < 1.29 is 9.90 Å². The highest BCUT2D eigenvalue weighted by Crippen LogP contribution is 2.16. The van der Waals surface area contributed by atoms with Crippen LogP contribution in [0.25, 0.3) is 0 Å². The fourth-order valence-electron chi connectivity index (χ4n) is 2.17. The van der Waals surface area contributed by atoms with Crippen molar-refractivity contribution in [3.8, 4) is 0 Å². The molecule has 0 amide bonds. The Balaban J connectivity index is 2.60. The van der Waals surface area contributed by atoms with E-state index in [1.165, 1.54) is 5.56 Å². The molecule has 0 aromatic heterocycles. The number of nitrogens with one attached hydrogen (secondary N) is 1. The molecule has 106 valence electrons. The molecular weight excluding hydrogens is 238 g/mol. The molecule has 0 saturated heterocycles. The van der Waals surface area contributed by atoms with Crippen LogP contribution in [0.5, 0.6) is 0 Å². The maximum Gasteiger partial charge on any atom is 0.310 e. The molecule has 0 bridgehead atoms. The SMILES string of the molecule is CCC(NCc1ccc(C(C)C(=O)O)cc1)C(C)C. The molecule has 0 aliphatic heterocycles. The largest absolute Gasteiger partial charge is 0.481 e. The zero-order valence-corrected chi connectivity index (χ0v) is 12.3. The van der Waals surface area contributed by atoms with Gasteiger partial charge >= 0.3 is 5.97 Å². The molecule has 1 aromatic rings. The van der Waals surface area contributed by atoms with Gasteiger partial charge in [-0.2, -0.15) is 0 Å². The smallest absolute Gasteiger partial charge is 0.310 e. The predicted molar refractivity (Wildman–Crippen MR) is 78.2 cm³/mol. The maximum atomic E-state index is 10.9. The minimum Gasteiger partial charge on any atom is -0.481 e. The van der Waals surface area contributed by atoms with Crippen molar-refractivity contribution in [2.75, 3.05) is 0 Å². The molecule has 0 saturated carbocycles. The summed E-state index contributed by atoms with van der Waals surface area (Å²) in [4.78, 5) is 10.9. The number of hydrogen-bond acceptors (Lipinski definition) is 2. The van der Waals surface area contributed by atoms with Gasteiger partial charge in [0.2, 0.25) is 0 Å². The third kappa shape index (κ3) is 4.67. The third-order valence-corrected chi connectivity index (χ3v) is 3.66. The van der Waals surface area contributed by atoms with Crippen molar-refractivity contribution in [2.24, 2.45) is 5.92 Å². The van der Waals surface area contributed by atoms with Crippen molar-refractivity contribution >= 4 is 5.97 Å². The van der Waals surface area contributed by atoms with Crippen LogP contribution in [0.4, 0.5) is 0 Å². The van der Waals surface area contributed by atoms with E-state index in [2.05, 4.69) is 26.1 Å². The number of carboxylic acids is 1. The standard InChI is InChI=1S/C16H25NO2/c1-5-15(11(2)3)17-10-13-6-8-14(9-7-13)12(4)16(18)19/h6-9,11-12,15,17H,5,10H2,1-4H3,(H,18,19). The highest BCUT2D eigenvalue weighted by Gasteiger charge is 2.13. The number of aliphatic carboxylic acids is 1. The average molecular weight is 263 g/mol. The fraction of sp³-hybridized carbons (Fsp3) is 0.562. The first kappa shape index (κ1) is 15.7. The highest BCUT2D eigenvalue weighted by atomic mass is 16.4. The molecule has 0 heterocycles. The van der Waals surface area contributed by atoms with Gasteiger partial charge in [0.05, 0.1) is 5.92 Å². The van der Waals surface area contributed by atoms with Gasteiger partial charge < -0.3 is 10.4 Å². The van der Waals surface area contributed by atoms with E-state index in [9.17, 15) is 4.79 Å². The zero-order chi connectivity index (χ0) is 14.4. The fourth-order valence-corrected chi connectivity index (χ4v) is 2.17. The van der Waals surface area contributed by atoms with E-state index in [0.29, 0.717) is 12.0 Å². The number of hydrogen-bond donors (Lipinski definition) is 2. The molecule has 19 heavy (non-hydrogen) atoms. The van der Waals surface area contributed by atoms with Gasteiger partial charge in [-0.05, 0) is 30.4 Å². The van der Waals surface area contributed by atoms with Gasteiger partial charge in [0, 0.05) is 12.6 Å². The Kier molecular flexibility index (Phi) is 6.03. The topological polar surface area (TPSA) is 49.3 Å². The third-order valence-electron chi connectivity index (χ3n) is 3.66. The second-order valence-corrected chi connectivity index (χ2v) is 5.44. The van der Waals surface area contributed by atoms with E-state index in [-0.39, 0.29) is 0 Å². The molecule has 0 fully saturated rings. The number of rotatable bonds is 7. The van der Waals surface area contributed by atoms with Gasteiger partial charge in [-0.1, -0.05) is 45.0 Å². The molecule has 0 aliphatic rings. The summed E-state index contributed by atoms with van der Waals surface area (Å²) in [5.74, 6) is -0.603. The van der Waals surface area contributed by atoms with Crippen LogP contribution in [-0.2, 0) is 11.3 Å². The lowest BCUT2D eigenvalue weighted by Crippen LogP contribution is -2.32. The quantitative estimate of drug-likeness (QED) is 0.792. The van der Waals surface area contributed by atoms with E-state index in [0.717, 1.165) is 18.5 Å². The van der Waals surface area contributed by atoms with E-state index >= 15 is 0 Å². The lowest BCUT2D eigenvalue weighted by atomic mass is 9.99. The van der Waals surface area contributed by atoms with Gasteiger partial charge in [0.15, 0.2) is 0 Å². The summed E-state index contributed by atoms with van der Waals surface area (Å²) >= 11 is 0. The van der Waals surface area contributed by atoms with Gasteiger partial charge in [-0.25, -0.2) is 0 Å². The van der Waals surface area contributed by atoms with E-state index in [4.69, 9.17) is 5.11 Å². The average Bonchev–Trinajstić information content (AvgIpc) is 2.38. The van der Waals surface area contributed by atoms with Crippen LogP contribution in [0.15, 0.2) is 24.3 Å². The van der Waals surface area contributed by atoms with Gasteiger partial charge in [0.1, 0.15) is 0 Å². The maximum absolute atomic E-state index is 10.9. The summed E-state index contributed by atoms with van der Waals surface area (Å²) in [5, 5.41) is 12.5. The molecule has 0 spiro atoms. The summed E-state index contributed by atoms with van der Waals surface area (Å²) in [6.45, 7) is 9.17. The van der Waals surface area contributed by atoms with Crippen LogP contribution < -0.4 is 5.32 Å². The molecule has 1 rings (SSSR count). The first-order chi connectivity index (χ1) is 8.95. The summed E-state index contributed by atoms with van der Waals surface area (Å²) in [6, 6.07) is 8.36. The highest BCUT2D eigenvalue weighted by molar-refractivity contribution is 5.75. The molecular formula is C16H25NO2. The molecule has 0 aliphatic carbocycles. The Labute approximate surface area is 116 Å². The number of carboxylic acid groups (broad SMARTS) is 1. The van der Waals surface area contributed by atoms with Crippen molar-refractivity contribution in [3.05, 3.63) is 35.4 Å². The molecule has 2 N–H and O–H groups in total.